The van der Waals surface area contributed by atoms with E-state index in [2.05, 4.69) is 10.2 Å². The number of aromatic nitrogens is 2. The Kier molecular flexibility index (Phi) is 2.57. The van der Waals surface area contributed by atoms with Gasteiger partial charge in [0.2, 0.25) is 0 Å². The van der Waals surface area contributed by atoms with E-state index in [0.717, 1.165) is 10.8 Å². The van der Waals surface area contributed by atoms with Crippen molar-refractivity contribution in [3.05, 3.63) is 72.1 Å². The molecule has 0 atom stereocenters. The lowest BCUT2D eigenvalue weighted by Crippen LogP contribution is -2.00. The van der Waals surface area contributed by atoms with Gasteiger partial charge in [-0.3, -0.25) is 4.79 Å². The molecule has 0 N–H and O–H groups in total. The smallest absolute Gasteiger partial charge is 0.193 e. The molecule has 86 valence electrons. The van der Waals surface area contributed by atoms with Crippen LogP contribution in [0.2, 0.25) is 0 Å². The van der Waals surface area contributed by atoms with Crippen LogP contribution in [-0.2, 0) is 0 Å². The average molecular weight is 234 g/mol. The van der Waals surface area contributed by atoms with Crippen molar-refractivity contribution in [3.63, 3.8) is 0 Å². The SMILES string of the molecule is O=C(c1ccccc1)c1ccc2cnncc2c1. The van der Waals surface area contributed by atoms with Crippen LogP contribution >= 0.6 is 0 Å². The summed E-state index contributed by atoms with van der Waals surface area (Å²) in [5.74, 6) is 0.0225. The van der Waals surface area contributed by atoms with E-state index in [9.17, 15) is 4.79 Å². The molecule has 0 saturated heterocycles. The van der Waals surface area contributed by atoms with Crippen LogP contribution in [0.5, 0.6) is 0 Å². The highest BCUT2D eigenvalue weighted by atomic mass is 16.1. The highest BCUT2D eigenvalue weighted by Gasteiger charge is 2.08. The molecule has 3 heteroatoms. The molecule has 0 fully saturated rings. The number of ketones is 1. The zero-order valence-corrected chi connectivity index (χ0v) is 9.58. The van der Waals surface area contributed by atoms with Gasteiger partial charge in [0.25, 0.3) is 0 Å². The summed E-state index contributed by atoms with van der Waals surface area (Å²) >= 11 is 0. The highest BCUT2D eigenvalue weighted by Crippen LogP contribution is 2.16. The number of hydrogen-bond acceptors (Lipinski definition) is 3. The number of hydrogen-bond donors (Lipinski definition) is 0. The van der Waals surface area contributed by atoms with E-state index in [4.69, 9.17) is 0 Å². The van der Waals surface area contributed by atoms with Crippen molar-refractivity contribution < 1.29 is 4.79 Å². The van der Waals surface area contributed by atoms with E-state index in [0.29, 0.717) is 11.1 Å². The van der Waals surface area contributed by atoms with Crippen LogP contribution in [0.15, 0.2) is 60.9 Å². The summed E-state index contributed by atoms with van der Waals surface area (Å²) < 4.78 is 0. The standard InChI is InChI=1S/C15H10N2O/c18-15(11-4-2-1-3-5-11)12-6-7-13-9-16-17-10-14(13)8-12/h1-10H. The third-order valence-corrected chi connectivity index (χ3v) is 2.85. The zero-order chi connectivity index (χ0) is 12.4. The van der Waals surface area contributed by atoms with E-state index >= 15 is 0 Å². The molecule has 0 spiro atoms. The topological polar surface area (TPSA) is 42.9 Å². The van der Waals surface area contributed by atoms with Crippen molar-refractivity contribution in [1.29, 1.82) is 0 Å². The van der Waals surface area contributed by atoms with Crippen LogP contribution in [0.25, 0.3) is 10.8 Å². The Morgan fingerprint density at radius 3 is 2.28 bits per heavy atom. The fourth-order valence-electron chi connectivity index (χ4n) is 1.89. The molecule has 0 unspecified atom stereocenters. The Hall–Kier alpha value is -2.55. The van der Waals surface area contributed by atoms with Gasteiger partial charge in [-0.15, -0.1) is 0 Å². The monoisotopic (exact) mass is 234 g/mol. The summed E-state index contributed by atoms with van der Waals surface area (Å²) in [7, 11) is 0. The van der Waals surface area contributed by atoms with Gasteiger partial charge in [0.15, 0.2) is 5.78 Å². The summed E-state index contributed by atoms with van der Waals surface area (Å²) in [5, 5.41) is 9.54. The number of fused-ring (bicyclic) bond motifs is 1. The fourth-order valence-corrected chi connectivity index (χ4v) is 1.89. The second kappa shape index (κ2) is 4.37. The number of rotatable bonds is 2. The largest absolute Gasteiger partial charge is 0.289 e. The summed E-state index contributed by atoms with van der Waals surface area (Å²) in [6, 6.07) is 14.8. The second-order valence-electron chi connectivity index (χ2n) is 4.03. The minimum Gasteiger partial charge on any atom is -0.289 e. The van der Waals surface area contributed by atoms with Crippen LogP contribution in [0.1, 0.15) is 15.9 Å². The molecule has 0 radical (unpaired) electrons. The van der Waals surface area contributed by atoms with Crippen molar-refractivity contribution in [3.8, 4) is 0 Å². The molecule has 0 aliphatic rings. The van der Waals surface area contributed by atoms with Gasteiger partial charge < -0.3 is 0 Å². The molecule has 1 aromatic heterocycles. The van der Waals surface area contributed by atoms with Gasteiger partial charge >= 0.3 is 0 Å². The zero-order valence-electron chi connectivity index (χ0n) is 9.58. The first-order valence-electron chi connectivity index (χ1n) is 5.65. The van der Waals surface area contributed by atoms with E-state index in [1.54, 1.807) is 12.4 Å². The number of nitrogens with zero attached hydrogens (tertiary/aromatic N) is 2. The summed E-state index contributed by atoms with van der Waals surface area (Å²) in [5.41, 5.74) is 1.36. The highest BCUT2D eigenvalue weighted by molar-refractivity contribution is 6.10. The van der Waals surface area contributed by atoms with E-state index in [-0.39, 0.29) is 5.78 Å². The van der Waals surface area contributed by atoms with Crippen LogP contribution in [-0.4, -0.2) is 16.0 Å². The number of carbonyl (C=O) groups is 1. The Labute approximate surface area is 104 Å². The van der Waals surface area contributed by atoms with Gasteiger partial charge in [0.1, 0.15) is 0 Å². The first-order chi connectivity index (χ1) is 8.84. The van der Waals surface area contributed by atoms with E-state index in [1.807, 2.05) is 48.5 Å². The van der Waals surface area contributed by atoms with Gasteiger partial charge in [-0.1, -0.05) is 42.5 Å². The minimum atomic E-state index is 0.0225. The third kappa shape index (κ3) is 1.86. The van der Waals surface area contributed by atoms with Gasteiger partial charge in [0.05, 0.1) is 12.4 Å². The molecule has 0 saturated carbocycles. The molecule has 0 amide bonds. The third-order valence-electron chi connectivity index (χ3n) is 2.85. The van der Waals surface area contributed by atoms with Crippen LogP contribution in [0, 0.1) is 0 Å². The molecule has 0 aliphatic carbocycles. The first kappa shape index (κ1) is 10.6. The van der Waals surface area contributed by atoms with Gasteiger partial charge in [-0.25, -0.2) is 0 Å². The Morgan fingerprint density at radius 1 is 0.778 bits per heavy atom. The Balaban J connectivity index is 2.07. The molecule has 0 bridgehead atoms. The van der Waals surface area contributed by atoms with E-state index in [1.165, 1.54) is 0 Å². The van der Waals surface area contributed by atoms with Gasteiger partial charge in [0, 0.05) is 21.9 Å². The average Bonchev–Trinajstić information content (AvgIpc) is 2.47. The first-order valence-corrected chi connectivity index (χ1v) is 5.65. The normalized spacial score (nSPS) is 10.4. The van der Waals surface area contributed by atoms with Crippen molar-refractivity contribution >= 4 is 16.6 Å². The molecule has 18 heavy (non-hydrogen) atoms. The lowest BCUT2D eigenvalue weighted by Gasteiger charge is -2.02. The molecular formula is C15H10N2O. The van der Waals surface area contributed by atoms with Crippen molar-refractivity contribution in [2.24, 2.45) is 0 Å². The summed E-state index contributed by atoms with van der Waals surface area (Å²) in [4.78, 5) is 12.3. The summed E-state index contributed by atoms with van der Waals surface area (Å²) in [6.07, 6.45) is 3.35. The molecule has 2 aromatic carbocycles. The van der Waals surface area contributed by atoms with Crippen molar-refractivity contribution in [1.82, 2.24) is 10.2 Å². The maximum absolute atomic E-state index is 12.3. The van der Waals surface area contributed by atoms with Crippen molar-refractivity contribution in [2.75, 3.05) is 0 Å². The molecule has 0 aliphatic heterocycles. The maximum Gasteiger partial charge on any atom is 0.193 e. The van der Waals surface area contributed by atoms with Crippen LogP contribution in [0.3, 0.4) is 0 Å². The lowest BCUT2D eigenvalue weighted by atomic mass is 10.0. The maximum atomic E-state index is 12.3. The van der Waals surface area contributed by atoms with Gasteiger partial charge in [-0.2, -0.15) is 10.2 Å². The van der Waals surface area contributed by atoms with E-state index < -0.39 is 0 Å². The quantitative estimate of drug-likeness (QED) is 0.640. The van der Waals surface area contributed by atoms with Crippen LogP contribution in [0.4, 0.5) is 0 Å². The minimum absolute atomic E-state index is 0.0225. The second-order valence-corrected chi connectivity index (χ2v) is 4.03. The molecular weight excluding hydrogens is 224 g/mol. The Morgan fingerprint density at radius 2 is 1.50 bits per heavy atom. The predicted molar refractivity (Wildman–Crippen MR) is 69.4 cm³/mol. The molecule has 1 heterocycles. The molecule has 3 rings (SSSR count). The van der Waals surface area contributed by atoms with Crippen LogP contribution < -0.4 is 0 Å². The fraction of sp³-hybridized carbons (Fsp3) is 0. The lowest BCUT2D eigenvalue weighted by molar-refractivity contribution is 0.103. The molecule has 3 nitrogen and oxygen atoms in total. The Bertz CT molecular complexity index is 708. The van der Waals surface area contributed by atoms with Gasteiger partial charge in [-0.05, 0) is 6.07 Å². The summed E-state index contributed by atoms with van der Waals surface area (Å²) in [6.45, 7) is 0. The number of carbonyl (C=O) groups excluding carboxylic acids is 1. The van der Waals surface area contributed by atoms with Crippen molar-refractivity contribution in [2.45, 2.75) is 0 Å². The number of benzene rings is 2. The predicted octanol–water partition coefficient (Wildman–Crippen LogP) is 2.86. The molecule has 3 aromatic rings.